The summed E-state index contributed by atoms with van der Waals surface area (Å²) in [6.07, 6.45) is 5.31. The van der Waals surface area contributed by atoms with Crippen molar-refractivity contribution in [1.29, 1.82) is 0 Å². The molecule has 1 aliphatic rings. The Morgan fingerprint density at radius 1 is 0.894 bits per heavy atom. The number of urea groups is 1. The number of hydrogen-bond acceptors (Lipinski definition) is 6. The van der Waals surface area contributed by atoms with Gasteiger partial charge in [0, 0.05) is 19.0 Å². The summed E-state index contributed by atoms with van der Waals surface area (Å²) in [4.78, 5) is 77.8. The summed E-state index contributed by atoms with van der Waals surface area (Å²) < 4.78 is 0. The third kappa shape index (κ3) is 21.3. The molecule has 11 heteroatoms. The first-order valence-electron chi connectivity index (χ1n) is 17.5. The zero-order valence-electron chi connectivity index (χ0n) is 31.9. The van der Waals surface area contributed by atoms with Crippen molar-refractivity contribution in [1.82, 2.24) is 26.2 Å². The van der Waals surface area contributed by atoms with Gasteiger partial charge < -0.3 is 26.2 Å². The average molecular weight is 668 g/mol. The number of ketones is 2. The lowest BCUT2D eigenvalue weighted by molar-refractivity contribution is -0.147. The number of nitrogens with zero attached hydrogens (tertiary/aromatic N) is 1. The highest BCUT2D eigenvalue weighted by atomic mass is 16.2. The number of amides is 5. The Labute approximate surface area is 286 Å². The van der Waals surface area contributed by atoms with Crippen LogP contribution in [-0.2, 0) is 24.0 Å². The maximum absolute atomic E-state index is 13.7. The molecule has 3 atom stereocenters. The van der Waals surface area contributed by atoms with E-state index < -0.39 is 53.1 Å². The first-order chi connectivity index (χ1) is 21.9. The third-order valence-corrected chi connectivity index (χ3v) is 6.39. The fourth-order valence-electron chi connectivity index (χ4n) is 4.07. The molecule has 47 heavy (non-hydrogen) atoms. The van der Waals surface area contributed by atoms with E-state index in [0.717, 1.165) is 5.92 Å². The van der Waals surface area contributed by atoms with Crippen LogP contribution in [0.4, 0.5) is 4.79 Å². The lowest BCUT2D eigenvalue weighted by Gasteiger charge is -2.40. The Bertz CT molecular complexity index is 955. The van der Waals surface area contributed by atoms with Gasteiger partial charge in [-0.3, -0.25) is 24.0 Å². The Morgan fingerprint density at radius 2 is 1.43 bits per heavy atom. The van der Waals surface area contributed by atoms with E-state index >= 15 is 0 Å². The lowest BCUT2D eigenvalue weighted by atomic mass is 9.85. The van der Waals surface area contributed by atoms with Crippen molar-refractivity contribution in [2.75, 3.05) is 19.6 Å². The molecule has 0 bridgehead atoms. The highest BCUT2D eigenvalue weighted by molar-refractivity contribution is 6.38. The second-order valence-corrected chi connectivity index (χ2v) is 13.4. The molecule has 4 N–H and O–H groups in total. The number of carbonyl (C=O) groups excluding carboxylic acids is 6. The highest BCUT2D eigenvalue weighted by Crippen LogP contribution is 2.25. The number of piperidine rings is 1. The molecular weight excluding hydrogens is 598 g/mol. The van der Waals surface area contributed by atoms with Crippen LogP contribution in [0.15, 0.2) is 12.7 Å². The van der Waals surface area contributed by atoms with Gasteiger partial charge in [-0.15, -0.1) is 6.58 Å². The minimum absolute atomic E-state index is 0.128. The molecular formula is C36H69N5O6. The van der Waals surface area contributed by atoms with Crippen molar-refractivity contribution in [3.8, 4) is 0 Å². The van der Waals surface area contributed by atoms with Crippen molar-refractivity contribution in [2.24, 2.45) is 17.3 Å². The molecule has 0 saturated carbocycles. The summed E-state index contributed by atoms with van der Waals surface area (Å²) in [6.45, 7) is 29.2. The average Bonchev–Trinajstić information content (AvgIpc) is 3.00. The van der Waals surface area contributed by atoms with Crippen molar-refractivity contribution in [3.63, 3.8) is 0 Å². The predicted octanol–water partition coefficient (Wildman–Crippen LogP) is 5.57. The molecule has 0 aromatic rings. The number of hydrogen-bond donors (Lipinski definition) is 4. The minimum atomic E-state index is -1.02. The normalized spacial score (nSPS) is 15.1. The van der Waals surface area contributed by atoms with Gasteiger partial charge in [-0.05, 0) is 37.0 Å². The second-order valence-electron chi connectivity index (χ2n) is 13.4. The van der Waals surface area contributed by atoms with Crippen molar-refractivity contribution in [3.05, 3.63) is 12.7 Å². The first kappa shape index (κ1) is 48.2. The molecule has 5 amide bonds. The number of Topliss-reactive ketones (excluding diaryl/α,β-unsaturated/α-hetero) is 2. The molecule has 0 radical (unpaired) electrons. The second kappa shape index (κ2) is 26.8. The molecule has 1 rings (SSSR count). The fraction of sp³-hybridized carbons (Fsp3) is 0.778. The van der Waals surface area contributed by atoms with E-state index in [-0.39, 0.29) is 31.2 Å². The van der Waals surface area contributed by atoms with Crippen LogP contribution in [0.5, 0.6) is 0 Å². The molecule has 1 heterocycles. The Hall–Kier alpha value is -3.24. The van der Waals surface area contributed by atoms with Crippen LogP contribution < -0.4 is 21.3 Å². The van der Waals surface area contributed by atoms with Crippen LogP contribution in [0.2, 0.25) is 0 Å². The predicted molar refractivity (Wildman–Crippen MR) is 192 cm³/mol. The largest absolute Gasteiger partial charge is 0.346 e. The molecule has 0 spiro atoms. The standard InChI is InChI=1S/C27H45N5O6.C4H10.C3H8.C2H6/c1-8-12-18(21(34)24(36)28-14-9-2)30-23(35)19-13-10-11-15-32(19)25(37)22(27(5,6)7)31-26(38)29-16-20(33)17(3)4;1-4(2)3;1-3-2;1-2/h9,17-19,22H,2,8,10-16H2,1,3-7H3,(H,28,36)(H,30,35)(H2,29,31,38);4H,1-3H3;3H2,1-2H3;1-2H3. The minimum Gasteiger partial charge on any atom is -0.346 e. The molecule has 3 unspecified atom stereocenters. The number of likely N-dealkylation sites (tertiary alicyclic amines) is 1. The summed E-state index contributed by atoms with van der Waals surface area (Å²) in [5.74, 6) is -2.04. The molecule has 0 aromatic heterocycles. The van der Waals surface area contributed by atoms with Crippen molar-refractivity contribution in [2.45, 2.75) is 147 Å². The van der Waals surface area contributed by atoms with Crippen molar-refractivity contribution >= 4 is 35.3 Å². The number of carbonyl (C=O) groups is 6. The van der Waals surface area contributed by atoms with E-state index in [9.17, 15) is 28.8 Å². The summed E-state index contributed by atoms with van der Waals surface area (Å²) in [5.41, 5.74) is -0.696. The quantitative estimate of drug-likeness (QED) is 0.149. The van der Waals surface area contributed by atoms with E-state index in [1.54, 1.807) is 34.6 Å². The van der Waals surface area contributed by atoms with Gasteiger partial charge in [-0.1, -0.05) is 109 Å². The van der Waals surface area contributed by atoms with Gasteiger partial charge in [0.25, 0.3) is 5.91 Å². The number of rotatable bonds is 13. The van der Waals surface area contributed by atoms with Gasteiger partial charge in [0.1, 0.15) is 12.1 Å². The van der Waals surface area contributed by atoms with Gasteiger partial charge >= 0.3 is 6.03 Å². The van der Waals surface area contributed by atoms with Gasteiger partial charge in [0.2, 0.25) is 17.6 Å². The maximum Gasteiger partial charge on any atom is 0.315 e. The Morgan fingerprint density at radius 3 is 1.87 bits per heavy atom. The van der Waals surface area contributed by atoms with E-state index in [2.05, 4.69) is 62.5 Å². The fourth-order valence-corrected chi connectivity index (χ4v) is 4.07. The van der Waals surface area contributed by atoms with Gasteiger partial charge in [-0.2, -0.15) is 0 Å². The highest BCUT2D eigenvalue weighted by Gasteiger charge is 2.41. The third-order valence-electron chi connectivity index (χ3n) is 6.39. The van der Waals surface area contributed by atoms with Crippen molar-refractivity contribution < 1.29 is 28.8 Å². The monoisotopic (exact) mass is 668 g/mol. The van der Waals surface area contributed by atoms with Crippen LogP contribution in [0, 0.1) is 17.3 Å². The zero-order valence-corrected chi connectivity index (χ0v) is 31.9. The van der Waals surface area contributed by atoms with Crippen LogP contribution in [0.3, 0.4) is 0 Å². The van der Waals surface area contributed by atoms with E-state index in [1.165, 1.54) is 17.4 Å². The smallest absolute Gasteiger partial charge is 0.315 e. The van der Waals surface area contributed by atoms with Crippen LogP contribution in [-0.4, -0.2) is 78.0 Å². The van der Waals surface area contributed by atoms with E-state index in [1.807, 2.05) is 20.8 Å². The SMILES string of the molecule is C=CCNC(=O)C(=O)C(CCC)NC(=O)C1CCCCN1C(=O)C(NC(=O)NCC(=O)C(C)C)C(C)(C)C.CC.CC(C)C.CCC. The molecule has 1 fully saturated rings. The molecule has 1 saturated heterocycles. The summed E-state index contributed by atoms with van der Waals surface area (Å²) >= 11 is 0. The zero-order chi connectivity index (χ0) is 37.3. The Kier molecular flexibility index (Phi) is 27.4. The summed E-state index contributed by atoms with van der Waals surface area (Å²) in [7, 11) is 0. The van der Waals surface area contributed by atoms with Gasteiger partial charge in [0.05, 0.1) is 12.6 Å². The molecule has 11 nitrogen and oxygen atoms in total. The molecule has 0 aromatic carbocycles. The van der Waals surface area contributed by atoms with Crippen LogP contribution in [0.1, 0.15) is 129 Å². The van der Waals surface area contributed by atoms with Crippen LogP contribution >= 0.6 is 0 Å². The summed E-state index contributed by atoms with van der Waals surface area (Å²) in [5, 5.41) is 10.3. The number of nitrogens with one attached hydrogen (secondary N) is 4. The van der Waals surface area contributed by atoms with Gasteiger partial charge in [-0.25, -0.2) is 4.79 Å². The molecule has 0 aliphatic carbocycles. The lowest BCUT2D eigenvalue weighted by Crippen LogP contribution is -2.62. The van der Waals surface area contributed by atoms with E-state index in [0.29, 0.717) is 32.2 Å². The van der Waals surface area contributed by atoms with Crippen LogP contribution in [0.25, 0.3) is 0 Å². The maximum atomic E-state index is 13.7. The van der Waals surface area contributed by atoms with Gasteiger partial charge in [0.15, 0.2) is 5.78 Å². The topological polar surface area (TPSA) is 154 Å². The summed E-state index contributed by atoms with van der Waals surface area (Å²) in [6, 6.07) is -3.49. The first-order valence-corrected chi connectivity index (χ1v) is 17.5. The Balaban J connectivity index is -0.00000192. The molecule has 274 valence electrons. The van der Waals surface area contributed by atoms with E-state index in [4.69, 9.17) is 0 Å². The molecule has 1 aliphatic heterocycles.